The van der Waals surface area contributed by atoms with E-state index in [2.05, 4.69) is 91.8 Å². The van der Waals surface area contributed by atoms with Crippen LogP contribution in [0.15, 0.2) is 47.6 Å². The lowest BCUT2D eigenvalue weighted by Gasteiger charge is -2.46. The van der Waals surface area contributed by atoms with E-state index in [-0.39, 0.29) is 11.2 Å². The minimum Gasteiger partial charge on any atom is -0.491 e. The number of benzene rings is 2. The number of allylic oxidation sites excluding steroid dienone is 4. The number of unbranched alkanes of at least 4 members (excludes halogenated alkanes) is 4. The summed E-state index contributed by atoms with van der Waals surface area (Å²) < 4.78 is 32.9. The predicted octanol–water partition coefficient (Wildman–Crippen LogP) is 11.8. The first kappa shape index (κ1) is 37.8. The summed E-state index contributed by atoms with van der Waals surface area (Å²) in [7, 11) is 0. The van der Waals surface area contributed by atoms with Crippen LogP contribution in [0.2, 0.25) is 0 Å². The summed E-state index contributed by atoms with van der Waals surface area (Å²) in [4.78, 5) is 0. The maximum Gasteiger partial charge on any atom is 0.127 e. The first-order valence-electron chi connectivity index (χ1n) is 20.4. The normalized spacial score (nSPS) is 24.1. The summed E-state index contributed by atoms with van der Waals surface area (Å²) >= 11 is 0. The van der Waals surface area contributed by atoms with E-state index in [1.165, 1.54) is 71.9 Å². The highest BCUT2D eigenvalue weighted by Gasteiger charge is 2.47. The molecule has 0 N–H and O–H groups in total. The van der Waals surface area contributed by atoms with Crippen molar-refractivity contribution in [3.05, 3.63) is 69.8 Å². The van der Waals surface area contributed by atoms with Gasteiger partial charge in [0.25, 0.3) is 0 Å². The van der Waals surface area contributed by atoms with Crippen LogP contribution in [-0.2, 0) is 17.6 Å². The van der Waals surface area contributed by atoms with E-state index in [1.807, 2.05) is 0 Å². The van der Waals surface area contributed by atoms with Gasteiger partial charge in [-0.3, -0.25) is 0 Å². The number of aryl methyl sites for hydroxylation is 2. The van der Waals surface area contributed by atoms with Crippen molar-refractivity contribution in [2.45, 2.75) is 155 Å². The number of fused-ring (bicyclic) bond motifs is 6. The molecular formula is C46H66O5. The second-order valence-electron chi connectivity index (χ2n) is 17.0. The van der Waals surface area contributed by atoms with E-state index < -0.39 is 0 Å². The zero-order chi connectivity index (χ0) is 36.2. The fourth-order valence-electron chi connectivity index (χ4n) is 9.33. The molecule has 280 valence electrons. The van der Waals surface area contributed by atoms with E-state index in [4.69, 9.17) is 23.7 Å². The Morgan fingerprint density at radius 1 is 0.608 bits per heavy atom. The van der Waals surface area contributed by atoms with Gasteiger partial charge in [-0.2, -0.15) is 0 Å². The molecular weight excluding hydrogens is 633 g/mol. The highest BCUT2D eigenvalue weighted by atomic mass is 16.5. The van der Waals surface area contributed by atoms with Crippen LogP contribution in [0.3, 0.4) is 0 Å². The van der Waals surface area contributed by atoms with Crippen molar-refractivity contribution < 1.29 is 23.7 Å². The van der Waals surface area contributed by atoms with E-state index in [1.54, 1.807) is 0 Å². The molecule has 4 atom stereocenters. The Labute approximate surface area is 309 Å². The standard InChI is InChI=1S/C46H66O5/c1-9-11-13-15-33-27-39(43-35-25-31(3)17-19-37(35)45(5,6)50-41(43)29-33)48-23-21-47-22-24-49-40-28-34(16-14-12-10-2)30-42-44(40)36-26-32(4)18-20-38(36)46(7,8)51-42/h25-30,35-38H,9-24H2,1-8H3/t35-,36-,37-,38-/m1/s1. The molecule has 0 aromatic heterocycles. The van der Waals surface area contributed by atoms with Crippen molar-refractivity contribution >= 4 is 0 Å². The molecule has 4 aliphatic rings. The summed E-state index contributed by atoms with van der Waals surface area (Å²) in [6, 6.07) is 9.14. The highest BCUT2D eigenvalue weighted by Crippen LogP contribution is 2.55. The monoisotopic (exact) mass is 698 g/mol. The van der Waals surface area contributed by atoms with Crippen molar-refractivity contribution in [2.75, 3.05) is 26.4 Å². The molecule has 0 spiro atoms. The number of ether oxygens (including phenoxy) is 5. The highest BCUT2D eigenvalue weighted by molar-refractivity contribution is 5.56. The topological polar surface area (TPSA) is 46.2 Å². The smallest absolute Gasteiger partial charge is 0.127 e. The summed E-state index contributed by atoms with van der Waals surface area (Å²) in [5, 5.41) is 0. The van der Waals surface area contributed by atoms with Crippen LogP contribution in [0.1, 0.15) is 154 Å². The summed E-state index contributed by atoms with van der Waals surface area (Å²) in [6.07, 6.45) is 18.9. The van der Waals surface area contributed by atoms with Crippen LogP contribution in [0, 0.1) is 11.8 Å². The van der Waals surface area contributed by atoms with Gasteiger partial charge in [-0.25, -0.2) is 0 Å². The molecule has 0 unspecified atom stereocenters. The summed E-state index contributed by atoms with van der Waals surface area (Å²) in [5.74, 6) is 5.44. The van der Waals surface area contributed by atoms with E-state index in [0.717, 1.165) is 61.5 Å². The van der Waals surface area contributed by atoms with Crippen LogP contribution in [0.25, 0.3) is 0 Å². The fraction of sp³-hybridized carbons (Fsp3) is 0.652. The maximum absolute atomic E-state index is 6.77. The van der Waals surface area contributed by atoms with Crippen molar-refractivity contribution in [3.8, 4) is 23.0 Å². The van der Waals surface area contributed by atoms with Crippen LogP contribution >= 0.6 is 0 Å². The van der Waals surface area contributed by atoms with Gasteiger partial charge < -0.3 is 23.7 Å². The maximum atomic E-state index is 6.77. The number of hydrogen-bond donors (Lipinski definition) is 0. The van der Waals surface area contributed by atoms with Crippen LogP contribution in [0.4, 0.5) is 0 Å². The van der Waals surface area contributed by atoms with Gasteiger partial charge in [0.2, 0.25) is 0 Å². The van der Waals surface area contributed by atoms with Crippen LogP contribution in [-0.4, -0.2) is 37.6 Å². The molecule has 0 saturated heterocycles. The lowest BCUT2D eigenvalue weighted by molar-refractivity contribution is 0.00969. The van der Waals surface area contributed by atoms with Crippen molar-refractivity contribution in [1.82, 2.24) is 0 Å². The first-order valence-corrected chi connectivity index (χ1v) is 20.4. The molecule has 2 aromatic rings. The molecule has 0 bridgehead atoms. The molecule has 5 heteroatoms. The van der Waals surface area contributed by atoms with Gasteiger partial charge in [0.05, 0.1) is 13.2 Å². The van der Waals surface area contributed by atoms with Gasteiger partial charge in [-0.15, -0.1) is 0 Å². The van der Waals surface area contributed by atoms with Crippen molar-refractivity contribution in [3.63, 3.8) is 0 Å². The van der Waals surface area contributed by atoms with Gasteiger partial charge in [-0.1, -0.05) is 62.8 Å². The Kier molecular flexibility index (Phi) is 12.2. The quantitative estimate of drug-likeness (QED) is 0.129. The van der Waals surface area contributed by atoms with Crippen LogP contribution < -0.4 is 18.9 Å². The lowest BCUT2D eigenvalue weighted by Crippen LogP contribution is -2.45. The summed E-state index contributed by atoms with van der Waals surface area (Å²) in [6.45, 7) is 20.1. The first-order chi connectivity index (χ1) is 24.5. The molecule has 0 amide bonds. The minimum atomic E-state index is -0.207. The zero-order valence-corrected chi connectivity index (χ0v) is 33.1. The average Bonchev–Trinajstić information content (AvgIpc) is 3.07. The van der Waals surface area contributed by atoms with Gasteiger partial charge in [0.15, 0.2) is 0 Å². The van der Waals surface area contributed by atoms with Crippen LogP contribution in [0.5, 0.6) is 23.0 Å². The molecule has 5 nitrogen and oxygen atoms in total. The number of hydrogen-bond acceptors (Lipinski definition) is 5. The Hall–Kier alpha value is -2.92. The van der Waals surface area contributed by atoms with E-state index >= 15 is 0 Å². The van der Waals surface area contributed by atoms with Gasteiger partial charge in [0.1, 0.15) is 47.4 Å². The van der Waals surface area contributed by atoms with Crippen molar-refractivity contribution in [2.24, 2.45) is 11.8 Å². The third kappa shape index (κ3) is 8.66. The molecule has 2 aliphatic heterocycles. The fourth-order valence-corrected chi connectivity index (χ4v) is 9.33. The molecule has 2 aliphatic carbocycles. The van der Waals surface area contributed by atoms with Crippen molar-refractivity contribution in [1.29, 1.82) is 0 Å². The molecule has 0 fully saturated rings. The lowest BCUT2D eigenvalue weighted by atomic mass is 9.68. The Balaban J connectivity index is 1.12. The Bertz CT molecular complexity index is 1450. The van der Waals surface area contributed by atoms with Gasteiger partial charge in [0, 0.05) is 34.8 Å². The molecule has 2 aromatic carbocycles. The minimum absolute atomic E-state index is 0.207. The predicted molar refractivity (Wildman–Crippen MR) is 209 cm³/mol. The average molecular weight is 699 g/mol. The molecule has 0 radical (unpaired) electrons. The largest absolute Gasteiger partial charge is 0.491 e. The molecule has 0 saturated carbocycles. The van der Waals surface area contributed by atoms with E-state index in [0.29, 0.717) is 50.1 Å². The van der Waals surface area contributed by atoms with Gasteiger partial charge >= 0.3 is 0 Å². The second-order valence-corrected chi connectivity index (χ2v) is 17.0. The number of rotatable bonds is 16. The molecule has 2 heterocycles. The third-order valence-corrected chi connectivity index (χ3v) is 12.1. The van der Waals surface area contributed by atoms with Gasteiger partial charge in [-0.05, 0) is 128 Å². The third-order valence-electron chi connectivity index (χ3n) is 12.1. The molecule has 51 heavy (non-hydrogen) atoms. The SMILES string of the molecule is CCCCCc1cc(OCCOCCOc2cc(CCCCC)cc3c2[C@@H]2C=C(C)CC[C@H]2C(C)(C)O3)c2c(c1)OC(C)(C)[C@@H]1CCC(C)=C[C@@H]21. The summed E-state index contributed by atoms with van der Waals surface area (Å²) in [5.41, 5.74) is 7.57. The Morgan fingerprint density at radius 3 is 1.45 bits per heavy atom. The second kappa shape index (κ2) is 16.4. The Morgan fingerprint density at radius 2 is 1.04 bits per heavy atom. The molecule has 6 rings (SSSR count). The van der Waals surface area contributed by atoms with E-state index in [9.17, 15) is 0 Å². The zero-order valence-electron chi connectivity index (χ0n) is 33.1.